The molecule has 1 amide bonds. The fraction of sp³-hybridized carbons (Fsp3) is 0.348. The van der Waals surface area contributed by atoms with Gasteiger partial charge in [0.15, 0.2) is 0 Å². The number of carbonyl (C=O) groups excluding carboxylic acids is 1. The molecule has 0 bridgehead atoms. The van der Waals surface area contributed by atoms with Crippen LogP contribution in [0.3, 0.4) is 0 Å². The van der Waals surface area contributed by atoms with Gasteiger partial charge < -0.3 is 10.1 Å². The van der Waals surface area contributed by atoms with Crippen molar-refractivity contribution < 1.29 is 9.53 Å². The van der Waals surface area contributed by atoms with Crippen molar-refractivity contribution in [2.75, 3.05) is 7.11 Å². The fourth-order valence-corrected chi connectivity index (χ4v) is 4.34. The third-order valence-electron chi connectivity index (χ3n) is 5.80. The standard InChI is InChI=1S/C23H25N3O3/c1-16-19-10-3-4-11-20(19)22(28)26(25-16)15-21(27)24-23(12-5-6-13-23)17-8-7-9-18(14-17)29-2/h3-4,7-11,14H,5-6,12-13,15H2,1-2H3,(H,24,27). The lowest BCUT2D eigenvalue weighted by Gasteiger charge is -2.31. The highest BCUT2D eigenvalue weighted by Crippen LogP contribution is 2.39. The van der Waals surface area contributed by atoms with Gasteiger partial charge in [0.2, 0.25) is 5.91 Å². The van der Waals surface area contributed by atoms with Gasteiger partial charge in [-0.05, 0) is 43.5 Å². The zero-order valence-electron chi connectivity index (χ0n) is 16.8. The summed E-state index contributed by atoms with van der Waals surface area (Å²) in [7, 11) is 1.64. The number of fused-ring (bicyclic) bond motifs is 1. The van der Waals surface area contributed by atoms with E-state index in [1.807, 2.05) is 49.4 Å². The molecular formula is C23H25N3O3. The molecule has 3 aromatic rings. The van der Waals surface area contributed by atoms with Crippen molar-refractivity contribution in [1.29, 1.82) is 0 Å². The summed E-state index contributed by atoms with van der Waals surface area (Å²) in [4.78, 5) is 25.7. The fourth-order valence-electron chi connectivity index (χ4n) is 4.34. The maximum atomic E-state index is 13.0. The zero-order valence-corrected chi connectivity index (χ0v) is 16.8. The Bertz CT molecular complexity index is 1110. The molecule has 1 N–H and O–H groups in total. The molecule has 0 spiro atoms. The Kier molecular flexibility index (Phi) is 5.09. The number of benzene rings is 2. The van der Waals surface area contributed by atoms with E-state index < -0.39 is 5.54 Å². The third-order valence-corrected chi connectivity index (χ3v) is 5.80. The van der Waals surface area contributed by atoms with Crippen molar-refractivity contribution >= 4 is 16.7 Å². The maximum absolute atomic E-state index is 13.0. The first-order valence-corrected chi connectivity index (χ1v) is 9.94. The van der Waals surface area contributed by atoms with Gasteiger partial charge in [-0.2, -0.15) is 5.10 Å². The summed E-state index contributed by atoms with van der Waals surface area (Å²) < 4.78 is 6.63. The first kappa shape index (κ1) is 19.2. The van der Waals surface area contributed by atoms with E-state index in [1.54, 1.807) is 13.2 Å². The van der Waals surface area contributed by atoms with E-state index in [4.69, 9.17) is 4.74 Å². The molecule has 0 radical (unpaired) electrons. The van der Waals surface area contributed by atoms with Crippen LogP contribution in [0.2, 0.25) is 0 Å². The van der Waals surface area contributed by atoms with E-state index in [9.17, 15) is 9.59 Å². The van der Waals surface area contributed by atoms with Gasteiger partial charge in [0, 0.05) is 5.39 Å². The number of nitrogens with one attached hydrogen (secondary N) is 1. The summed E-state index contributed by atoms with van der Waals surface area (Å²) in [6, 6.07) is 15.2. The lowest BCUT2D eigenvalue weighted by Crippen LogP contribution is -2.46. The second kappa shape index (κ2) is 7.70. The molecule has 1 aromatic heterocycles. The largest absolute Gasteiger partial charge is 0.497 e. The number of methoxy groups -OCH3 is 1. The highest BCUT2D eigenvalue weighted by Gasteiger charge is 2.37. The number of carbonyl (C=O) groups is 1. The molecule has 6 nitrogen and oxygen atoms in total. The molecule has 4 rings (SSSR count). The van der Waals surface area contributed by atoms with Crippen LogP contribution in [0.5, 0.6) is 5.75 Å². The predicted molar refractivity (Wildman–Crippen MR) is 112 cm³/mol. The average Bonchev–Trinajstić information content (AvgIpc) is 3.21. The molecule has 0 aliphatic heterocycles. The van der Waals surface area contributed by atoms with Crippen molar-refractivity contribution in [2.45, 2.75) is 44.7 Å². The van der Waals surface area contributed by atoms with E-state index in [2.05, 4.69) is 10.4 Å². The summed E-state index contributed by atoms with van der Waals surface area (Å²) in [5.41, 5.74) is 1.10. The molecule has 1 aliphatic carbocycles. The van der Waals surface area contributed by atoms with Gasteiger partial charge in [0.05, 0.1) is 23.7 Å². The predicted octanol–water partition coefficient (Wildman–Crippen LogP) is 3.30. The van der Waals surface area contributed by atoms with E-state index in [1.165, 1.54) is 4.68 Å². The number of amides is 1. The van der Waals surface area contributed by atoms with Crippen LogP contribution < -0.4 is 15.6 Å². The van der Waals surface area contributed by atoms with E-state index in [0.29, 0.717) is 5.39 Å². The lowest BCUT2D eigenvalue weighted by molar-refractivity contribution is -0.124. The summed E-state index contributed by atoms with van der Waals surface area (Å²) in [6.07, 6.45) is 3.82. The van der Waals surface area contributed by atoms with E-state index in [-0.39, 0.29) is 18.0 Å². The summed E-state index contributed by atoms with van der Waals surface area (Å²) in [6.45, 7) is 1.75. The minimum absolute atomic E-state index is 0.101. The minimum Gasteiger partial charge on any atom is -0.497 e. The normalized spacial score (nSPS) is 15.4. The first-order chi connectivity index (χ1) is 14.0. The molecule has 0 unspecified atom stereocenters. The second-order valence-electron chi connectivity index (χ2n) is 7.66. The van der Waals surface area contributed by atoms with Gasteiger partial charge in [-0.1, -0.05) is 43.2 Å². The Morgan fingerprint density at radius 1 is 1.14 bits per heavy atom. The Balaban J connectivity index is 1.62. The maximum Gasteiger partial charge on any atom is 0.275 e. The number of nitrogens with zero attached hydrogens (tertiary/aromatic N) is 2. The molecule has 1 aliphatic rings. The molecule has 1 fully saturated rings. The lowest BCUT2D eigenvalue weighted by atomic mass is 9.88. The van der Waals surface area contributed by atoms with Gasteiger partial charge in [0.1, 0.15) is 12.3 Å². The van der Waals surface area contributed by atoms with Crippen LogP contribution in [0.1, 0.15) is 36.9 Å². The number of hydrogen-bond acceptors (Lipinski definition) is 4. The van der Waals surface area contributed by atoms with Crippen LogP contribution in [-0.4, -0.2) is 22.8 Å². The Morgan fingerprint density at radius 2 is 1.86 bits per heavy atom. The second-order valence-corrected chi connectivity index (χ2v) is 7.66. The minimum atomic E-state index is -0.429. The van der Waals surface area contributed by atoms with Crippen LogP contribution in [-0.2, 0) is 16.9 Å². The molecule has 1 heterocycles. The number of ether oxygens (including phenoxy) is 1. The Morgan fingerprint density at radius 3 is 2.59 bits per heavy atom. The van der Waals surface area contributed by atoms with Crippen molar-refractivity contribution in [2.24, 2.45) is 0 Å². The van der Waals surface area contributed by atoms with Crippen molar-refractivity contribution in [3.8, 4) is 5.75 Å². The summed E-state index contributed by atoms with van der Waals surface area (Å²) >= 11 is 0. The van der Waals surface area contributed by atoms with E-state index >= 15 is 0 Å². The number of aromatic nitrogens is 2. The van der Waals surface area contributed by atoms with Gasteiger partial charge in [0.25, 0.3) is 5.56 Å². The first-order valence-electron chi connectivity index (χ1n) is 9.94. The number of hydrogen-bond donors (Lipinski definition) is 1. The van der Waals surface area contributed by atoms with Gasteiger partial charge in [-0.3, -0.25) is 9.59 Å². The van der Waals surface area contributed by atoms with Gasteiger partial charge >= 0.3 is 0 Å². The molecule has 29 heavy (non-hydrogen) atoms. The summed E-state index contributed by atoms with van der Waals surface area (Å²) in [5, 5.41) is 8.97. The van der Waals surface area contributed by atoms with Gasteiger partial charge in [-0.15, -0.1) is 0 Å². The number of rotatable bonds is 5. The SMILES string of the molecule is COc1cccc(C2(NC(=O)Cn3nc(C)c4ccccc4c3=O)CCCC2)c1. The van der Waals surface area contributed by atoms with E-state index in [0.717, 1.165) is 48.1 Å². The average molecular weight is 391 g/mol. The van der Waals surface area contributed by atoms with Crippen LogP contribution in [0.4, 0.5) is 0 Å². The zero-order chi connectivity index (χ0) is 20.4. The highest BCUT2D eigenvalue weighted by molar-refractivity contribution is 5.84. The third kappa shape index (κ3) is 3.62. The van der Waals surface area contributed by atoms with Crippen molar-refractivity contribution in [3.63, 3.8) is 0 Å². The number of aryl methyl sites for hydroxylation is 1. The van der Waals surface area contributed by atoms with Crippen LogP contribution in [0.15, 0.2) is 53.3 Å². The molecule has 6 heteroatoms. The molecule has 0 saturated heterocycles. The molecule has 1 saturated carbocycles. The smallest absolute Gasteiger partial charge is 0.275 e. The van der Waals surface area contributed by atoms with Crippen LogP contribution in [0, 0.1) is 6.92 Å². The van der Waals surface area contributed by atoms with Crippen molar-refractivity contribution in [3.05, 3.63) is 70.1 Å². The molecular weight excluding hydrogens is 366 g/mol. The monoisotopic (exact) mass is 391 g/mol. The topological polar surface area (TPSA) is 73.2 Å². The quantitative estimate of drug-likeness (QED) is 0.724. The highest BCUT2D eigenvalue weighted by atomic mass is 16.5. The molecule has 0 atom stereocenters. The Hall–Kier alpha value is -3.15. The van der Waals surface area contributed by atoms with Gasteiger partial charge in [-0.25, -0.2) is 4.68 Å². The summed E-state index contributed by atoms with van der Waals surface area (Å²) in [5.74, 6) is 0.560. The van der Waals surface area contributed by atoms with Crippen molar-refractivity contribution in [1.82, 2.24) is 15.1 Å². The van der Waals surface area contributed by atoms with Crippen LogP contribution in [0.25, 0.3) is 10.8 Å². The molecule has 2 aromatic carbocycles. The molecule has 150 valence electrons. The Labute approximate surface area is 169 Å². The van der Waals surface area contributed by atoms with Crippen LogP contribution >= 0.6 is 0 Å².